The first-order valence-corrected chi connectivity index (χ1v) is 9.73. The van der Waals surface area contributed by atoms with Gasteiger partial charge in [0, 0.05) is 6.07 Å². The van der Waals surface area contributed by atoms with Gasteiger partial charge >= 0.3 is 5.97 Å². The number of anilines is 1. The summed E-state index contributed by atoms with van der Waals surface area (Å²) in [6.07, 6.45) is 4.82. The third-order valence-corrected chi connectivity index (χ3v) is 5.90. The molecule has 4 rings (SSSR count). The Morgan fingerprint density at radius 3 is 2.38 bits per heavy atom. The second-order valence-corrected chi connectivity index (χ2v) is 8.21. The van der Waals surface area contributed by atoms with E-state index < -0.39 is 24.5 Å². The molecule has 1 aliphatic heterocycles. The van der Waals surface area contributed by atoms with Gasteiger partial charge in [0.2, 0.25) is 11.8 Å². The summed E-state index contributed by atoms with van der Waals surface area (Å²) in [4.78, 5) is 51.8. The quantitative estimate of drug-likeness (QED) is 0.433. The molecule has 0 radical (unpaired) electrons. The van der Waals surface area contributed by atoms with E-state index in [0.717, 1.165) is 11.3 Å². The van der Waals surface area contributed by atoms with Crippen LogP contribution in [0.4, 0.5) is 5.82 Å². The second-order valence-electron chi connectivity index (χ2n) is 8.21. The first kappa shape index (κ1) is 19.4. The average Bonchev–Trinajstić information content (AvgIpc) is 3.41. The molecule has 3 amide bonds. The van der Waals surface area contributed by atoms with Gasteiger partial charge in [-0.3, -0.25) is 19.3 Å². The SMILES string of the molecule is Cc1cc(NC(=O)COC(=O)[C@H](C(C)C)N2C(=O)[C@@H]3[C@H](C2=O)[C@H]2C=C[C@H]3C2)no1. The number of ether oxygens (including phenoxy) is 1. The minimum absolute atomic E-state index is 0.0620. The Morgan fingerprint density at radius 2 is 1.86 bits per heavy atom. The number of esters is 1. The molecule has 2 heterocycles. The zero-order valence-electron chi connectivity index (χ0n) is 16.5. The predicted molar refractivity (Wildman–Crippen MR) is 99.0 cm³/mol. The fraction of sp³-hybridized carbons (Fsp3) is 0.550. The van der Waals surface area contributed by atoms with Gasteiger partial charge in [0.05, 0.1) is 11.8 Å². The number of aromatic nitrogens is 1. The zero-order chi connectivity index (χ0) is 20.9. The minimum Gasteiger partial charge on any atom is -0.454 e. The molecule has 2 fully saturated rings. The molecular weight excluding hydrogens is 378 g/mol. The van der Waals surface area contributed by atoms with Crippen LogP contribution in [-0.2, 0) is 23.9 Å². The molecule has 5 atom stereocenters. The monoisotopic (exact) mass is 401 g/mol. The molecule has 154 valence electrons. The number of carbonyl (C=O) groups excluding carboxylic acids is 4. The van der Waals surface area contributed by atoms with Crippen LogP contribution in [-0.4, -0.2) is 46.4 Å². The molecule has 9 nitrogen and oxygen atoms in total. The first-order valence-electron chi connectivity index (χ1n) is 9.73. The molecule has 0 unspecified atom stereocenters. The van der Waals surface area contributed by atoms with Gasteiger partial charge in [-0.1, -0.05) is 31.2 Å². The van der Waals surface area contributed by atoms with Crippen molar-refractivity contribution in [2.24, 2.45) is 29.6 Å². The molecule has 1 saturated carbocycles. The molecular formula is C20H23N3O6. The van der Waals surface area contributed by atoms with Gasteiger partial charge in [-0.05, 0) is 31.1 Å². The van der Waals surface area contributed by atoms with Crippen molar-refractivity contribution < 1.29 is 28.4 Å². The van der Waals surface area contributed by atoms with E-state index in [9.17, 15) is 19.2 Å². The van der Waals surface area contributed by atoms with Gasteiger partial charge in [-0.15, -0.1) is 0 Å². The Kier molecular flexibility index (Phi) is 4.76. The lowest BCUT2D eigenvalue weighted by Gasteiger charge is -2.28. The van der Waals surface area contributed by atoms with Crippen molar-refractivity contribution in [1.29, 1.82) is 0 Å². The lowest BCUT2D eigenvalue weighted by molar-refractivity contribution is -0.162. The molecule has 1 N–H and O–H groups in total. The van der Waals surface area contributed by atoms with Crippen LogP contribution in [0.3, 0.4) is 0 Å². The van der Waals surface area contributed by atoms with Crippen molar-refractivity contribution in [3.05, 3.63) is 24.0 Å². The number of likely N-dealkylation sites (tertiary alicyclic amines) is 1. The third-order valence-electron chi connectivity index (χ3n) is 5.90. The van der Waals surface area contributed by atoms with E-state index >= 15 is 0 Å². The van der Waals surface area contributed by atoms with Crippen molar-refractivity contribution in [1.82, 2.24) is 10.1 Å². The number of allylic oxidation sites excluding steroid dienone is 2. The van der Waals surface area contributed by atoms with Crippen LogP contribution in [0.15, 0.2) is 22.7 Å². The minimum atomic E-state index is -1.05. The molecule has 9 heteroatoms. The maximum Gasteiger partial charge on any atom is 0.330 e. The highest BCUT2D eigenvalue weighted by molar-refractivity contribution is 6.09. The van der Waals surface area contributed by atoms with E-state index in [2.05, 4.69) is 10.5 Å². The standard InChI is InChI=1S/C20H23N3O6/c1-9(2)17(20(27)28-8-14(24)21-13-6-10(3)29-22-13)23-18(25)15-11-4-5-12(7-11)16(15)19(23)26/h4-6,9,11-12,15-17H,7-8H2,1-3H3,(H,21,22,24)/t11-,12-,15-,16+,17-/m0/s1. The van der Waals surface area contributed by atoms with E-state index in [1.165, 1.54) is 6.07 Å². The third kappa shape index (κ3) is 3.24. The highest BCUT2D eigenvalue weighted by atomic mass is 16.5. The number of hydrogen-bond donors (Lipinski definition) is 1. The van der Waals surface area contributed by atoms with E-state index in [1.807, 2.05) is 12.2 Å². The molecule has 2 aliphatic carbocycles. The number of aryl methyl sites for hydroxylation is 1. The van der Waals surface area contributed by atoms with Crippen LogP contribution in [0, 0.1) is 36.5 Å². The summed E-state index contributed by atoms with van der Waals surface area (Å²) in [5.41, 5.74) is 0. The number of imide groups is 1. The zero-order valence-corrected chi connectivity index (χ0v) is 16.5. The Bertz CT molecular complexity index is 874. The number of hydrogen-bond acceptors (Lipinski definition) is 7. The van der Waals surface area contributed by atoms with Crippen LogP contribution in [0.25, 0.3) is 0 Å². The summed E-state index contributed by atoms with van der Waals surface area (Å²) in [7, 11) is 0. The summed E-state index contributed by atoms with van der Waals surface area (Å²) >= 11 is 0. The molecule has 3 aliphatic rings. The van der Waals surface area contributed by atoms with Crippen LogP contribution in [0.1, 0.15) is 26.0 Å². The number of rotatable bonds is 6. The number of fused-ring (bicyclic) bond motifs is 5. The molecule has 0 spiro atoms. The maximum atomic E-state index is 13.0. The second kappa shape index (κ2) is 7.13. The van der Waals surface area contributed by atoms with Crippen molar-refractivity contribution in [2.75, 3.05) is 11.9 Å². The van der Waals surface area contributed by atoms with Crippen molar-refractivity contribution in [3.63, 3.8) is 0 Å². The summed E-state index contributed by atoms with van der Waals surface area (Å²) in [6.45, 7) is 4.61. The highest BCUT2D eigenvalue weighted by Gasteiger charge is 2.61. The van der Waals surface area contributed by atoms with Gasteiger partial charge in [0.15, 0.2) is 12.4 Å². The lowest BCUT2D eigenvalue weighted by atomic mass is 9.85. The fourth-order valence-electron chi connectivity index (χ4n) is 4.70. The smallest absolute Gasteiger partial charge is 0.330 e. The maximum absolute atomic E-state index is 13.0. The van der Waals surface area contributed by atoms with Crippen LogP contribution in [0.5, 0.6) is 0 Å². The van der Waals surface area contributed by atoms with E-state index in [1.54, 1.807) is 20.8 Å². The summed E-state index contributed by atoms with van der Waals surface area (Å²) in [5.74, 6) is -2.23. The number of nitrogens with one attached hydrogen (secondary N) is 1. The Labute approximate surface area is 167 Å². The van der Waals surface area contributed by atoms with Gasteiger partial charge in [0.1, 0.15) is 11.8 Å². The topological polar surface area (TPSA) is 119 Å². The molecule has 1 saturated heterocycles. The van der Waals surface area contributed by atoms with Gasteiger partial charge < -0.3 is 14.6 Å². The van der Waals surface area contributed by atoms with Crippen molar-refractivity contribution in [2.45, 2.75) is 33.2 Å². The van der Waals surface area contributed by atoms with E-state index in [0.29, 0.717) is 5.76 Å². The molecule has 1 aromatic rings. The first-order chi connectivity index (χ1) is 13.8. The molecule has 0 aromatic carbocycles. The van der Waals surface area contributed by atoms with Crippen LogP contribution >= 0.6 is 0 Å². The summed E-state index contributed by atoms with van der Waals surface area (Å²) in [5, 5.41) is 6.08. The van der Waals surface area contributed by atoms with Crippen molar-refractivity contribution in [3.8, 4) is 0 Å². The van der Waals surface area contributed by atoms with Crippen LogP contribution < -0.4 is 5.32 Å². The molecule has 1 aromatic heterocycles. The lowest BCUT2D eigenvalue weighted by Crippen LogP contribution is -2.50. The Hall–Kier alpha value is -2.97. The Balaban J connectivity index is 1.42. The van der Waals surface area contributed by atoms with Gasteiger partial charge in [-0.2, -0.15) is 0 Å². The summed E-state index contributed by atoms with van der Waals surface area (Å²) in [6, 6.07) is 0.473. The number of nitrogens with zero attached hydrogens (tertiary/aromatic N) is 2. The summed E-state index contributed by atoms with van der Waals surface area (Å²) < 4.78 is 9.99. The van der Waals surface area contributed by atoms with E-state index in [-0.39, 0.29) is 47.2 Å². The molecule has 29 heavy (non-hydrogen) atoms. The highest BCUT2D eigenvalue weighted by Crippen LogP contribution is 2.53. The number of carbonyl (C=O) groups is 4. The largest absolute Gasteiger partial charge is 0.454 e. The normalized spacial score (nSPS) is 28.2. The van der Waals surface area contributed by atoms with Gasteiger partial charge in [-0.25, -0.2) is 4.79 Å². The average molecular weight is 401 g/mol. The fourth-order valence-corrected chi connectivity index (χ4v) is 4.70. The molecule has 2 bridgehead atoms. The predicted octanol–water partition coefficient (Wildman–Crippen LogP) is 1.30. The van der Waals surface area contributed by atoms with Crippen LogP contribution in [0.2, 0.25) is 0 Å². The van der Waals surface area contributed by atoms with Crippen molar-refractivity contribution >= 4 is 29.5 Å². The Morgan fingerprint density at radius 1 is 1.24 bits per heavy atom. The van der Waals surface area contributed by atoms with Gasteiger partial charge in [0.25, 0.3) is 5.91 Å². The van der Waals surface area contributed by atoms with E-state index in [4.69, 9.17) is 9.26 Å². The number of amides is 3.